The number of carbonyl (C=O) groups excluding carboxylic acids is 1. The molecule has 3 aromatic rings. The summed E-state index contributed by atoms with van der Waals surface area (Å²) < 4.78 is 13.2. The fourth-order valence-electron chi connectivity index (χ4n) is 5.14. The molecule has 0 aromatic heterocycles. The molecular weight excluding hydrogens is 520 g/mol. The average Bonchev–Trinajstić information content (AvgIpc) is 2.98. The lowest BCUT2D eigenvalue weighted by atomic mass is 9.89. The van der Waals surface area contributed by atoms with Gasteiger partial charge in [-0.25, -0.2) is 0 Å². The zero-order chi connectivity index (χ0) is 29.4. The van der Waals surface area contributed by atoms with Crippen LogP contribution in [0.25, 0.3) is 0 Å². The summed E-state index contributed by atoms with van der Waals surface area (Å²) in [4.78, 5) is 25.4. The molecule has 1 fully saturated rings. The van der Waals surface area contributed by atoms with Gasteiger partial charge in [-0.05, 0) is 49.2 Å². The summed E-state index contributed by atoms with van der Waals surface area (Å²) in [6.07, 6.45) is -0.703. The molecule has 1 heterocycles. The third kappa shape index (κ3) is 8.24. The largest absolute Gasteiger partial charge is 0.481 e. The first kappa shape index (κ1) is 30.4. The number of amides is 1. The van der Waals surface area contributed by atoms with Gasteiger partial charge in [-0.2, -0.15) is 0 Å². The van der Waals surface area contributed by atoms with Crippen molar-refractivity contribution in [1.29, 1.82) is 0 Å². The Balaban J connectivity index is 1.55. The van der Waals surface area contributed by atoms with E-state index >= 15 is 0 Å². The van der Waals surface area contributed by atoms with Gasteiger partial charge >= 0.3 is 5.97 Å². The standard InChI is InChI=1S/C33H40N2O6/c1-22-29(20-35(3)23(2)25-9-5-4-6-10-25)40-33(41-32(22)26-17-15-24(21-36)16-18-26)27-11-7-12-28(19-27)34-30(37)13-8-14-31(38)39/h4-7,9-12,15-19,22-23,29,32-33,36H,8,13-14,20-21H2,1-3H3,(H,34,37)(H,38,39). The number of carbonyl (C=O) groups is 2. The first-order valence-corrected chi connectivity index (χ1v) is 14.1. The van der Waals surface area contributed by atoms with Gasteiger partial charge in [-0.1, -0.05) is 73.7 Å². The normalized spacial score (nSPS) is 21.4. The molecule has 0 bridgehead atoms. The van der Waals surface area contributed by atoms with Crippen LogP contribution in [0.2, 0.25) is 0 Å². The Bertz CT molecular complexity index is 1280. The maximum Gasteiger partial charge on any atom is 0.303 e. The molecule has 3 N–H and O–H groups in total. The molecule has 1 aliphatic heterocycles. The minimum absolute atomic E-state index is 0.0211. The van der Waals surface area contributed by atoms with Crippen LogP contribution in [0.5, 0.6) is 0 Å². The molecular formula is C33H40N2O6. The van der Waals surface area contributed by atoms with Gasteiger partial charge in [-0.3, -0.25) is 14.5 Å². The highest BCUT2D eigenvalue weighted by Crippen LogP contribution is 2.42. The topological polar surface area (TPSA) is 108 Å². The lowest BCUT2D eigenvalue weighted by Crippen LogP contribution is -2.44. The molecule has 1 saturated heterocycles. The number of nitrogens with one attached hydrogen (secondary N) is 1. The smallest absolute Gasteiger partial charge is 0.303 e. The van der Waals surface area contributed by atoms with Gasteiger partial charge in [-0.15, -0.1) is 0 Å². The van der Waals surface area contributed by atoms with Crippen LogP contribution < -0.4 is 5.32 Å². The van der Waals surface area contributed by atoms with Crippen molar-refractivity contribution in [3.05, 3.63) is 101 Å². The number of nitrogens with zero attached hydrogens (tertiary/aromatic N) is 1. The summed E-state index contributed by atoms with van der Waals surface area (Å²) in [6, 6.07) is 25.8. The Morgan fingerprint density at radius 1 is 0.951 bits per heavy atom. The predicted octanol–water partition coefficient (Wildman–Crippen LogP) is 5.86. The average molecular weight is 561 g/mol. The first-order valence-electron chi connectivity index (χ1n) is 14.1. The van der Waals surface area contributed by atoms with E-state index < -0.39 is 12.3 Å². The van der Waals surface area contributed by atoms with E-state index in [4.69, 9.17) is 14.6 Å². The summed E-state index contributed by atoms with van der Waals surface area (Å²) in [5.74, 6) is -1.12. The van der Waals surface area contributed by atoms with Crippen molar-refractivity contribution in [2.24, 2.45) is 5.92 Å². The lowest BCUT2D eigenvalue weighted by molar-refractivity contribution is -0.276. The van der Waals surface area contributed by atoms with Gasteiger partial charge in [0, 0.05) is 42.6 Å². The second kappa shape index (κ2) is 14.4. The van der Waals surface area contributed by atoms with E-state index in [2.05, 4.69) is 43.2 Å². The third-order valence-corrected chi connectivity index (χ3v) is 7.77. The zero-order valence-corrected chi connectivity index (χ0v) is 23.9. The van der Waals surface area contributed by atoms with Crippen LogP contribution in [0, 0.1) is 5.92 Å². The summed E-state index contributed by atoms with van der Waals surface area (Å²) in [5.41, 5.74) is 4.46. The first-order chi connectivity index (χ1) is 19.7. The molecule has 8 heteroatoms. The van der Waals surface area contributed by atoms with Crippen LogP contribution in [0.4, 0.5) is 5.69 Å². The van der Waals surface area contributed by atoms with Crippen LogP contribution in [-0.2, 0) is 25.7 Å². The molecule has 5 unspecified atom stereocenters. The number of hydrogen-bond acceptors (Lipinski definition) is 6. The summed E-state index contributed by atoms with van der Waals surface area (Å²) in [6.45, 7) is 4.99. The molecule has 0 saturated carbocycles. The summed E-state index contributed by atoms with van der Waals surface area (Å²) in [5, 5.41) is 21.2. The summed E-state index contributed by atoms with van der Waals surface area (Å²) >= 11 is 0. The Labute approximate surface area is 241 Å². The van der Waals surface area contributed by atoms with Crippen molar-refractivity contribution in [3.8, 4) is 0 Å². The van der Waals surface area contributed by atoms with Gasteiger partial charge in [0.2, 0.25) is 5.91 Å². The molecule has 3 aromatic carbocycles. The van der Waals surface area contributed by atoms with E-state index in [9.17, 15) is 14.7 Å². The molecule has 8 nitrogen and oxygen atoms in total. The Morgan fingerprint density at radius 2 is 1.68 bits per heavy atom. The highest BCUT2D eigenvalue weighted by molar-refractivity contribution is 5.90. The van der Waals surface area contributed by atoms with Gasteiger partial charge < -0.3 is 25.0 Å². The Morgan fingerprint density at radius 3 is 2.37 bits per heavy atom. The van der Waals surface area contributed by atoms with Crippen molar-refractivity contribution in [2.45, 2.75) is 64.3 Å². The van der Waals surface area contributed by atoms with E-state index in [0.29, 0.717) is 12.2 Å². The number of rotatable bonds is 12. The van der Waals surface area contributed by atoms with Gasteiger partial charge in [0.1, 0.15) is 0 Å². The number of ether oxygens (including phenoxy) is 2. The molecule has 41 heavy (non-hydrogen) atoms. The fraction of sp³-hybridized carbons (Fsp3) is 0.394. The van der Waals surface area contributed by atoms with Crippen molar-refractivity contribution < 1.29 is 29.3 Å². The number of anilines is 1. The minimum Gasteiger partial charge on any atom is -0.481 e. The SMILES string of the molecule is CC1C(CN(C)C(C)c2ccccc2)OC(c2cccc(NC(=O)CCCC(=O)O)c2)OC1c1ccc(CO)cc1. The second-order valence-corrected chi connectivity index (χ2v) is 10.8. The van der Waals surface area contributed by atoms with E-state index in [1.54, 1.807) is 6.07 Å². The Kier molecular flexibility index (Phi) is 10.7. The molecule has 4 rings (SSSR count). The van der Waals surface area contributed by atoms with Gasteiger partial charge in [0.25, 0.3) is 0 Å². The number of carboxylic acid groups (broad SMARTS) is 1. The highest BCUT2D eigenvalue weighted by Gasteiger charge is 2.39. The maximum absolute atomic E-state index is 12.4. The molecule has 1 aliphatic rings. The van der Waals surface area contributed by atoms with Gasteiger partial charge in [0.05, 0.1) is 18.8 Å². The van der Waals surface area contributed by atoms with Crippen molar-refractivity contribution in [2.75, 3.05) is 18.9 Å². The molecule has 0 spiro atoms. The molecule has 0 aliphatic carbocycles. The predicted molar refractivity (Wildman–Crippen MR) is 157 cm³/mol. The number of carboxylic acids is 1. The Hall–Kier alpha value is -3.56. The molecule has 5 atom stereocenters. The lowest BCUT2D eigenvalue weighted by Gasteiger charge is -2.43. The van der Waals surface area contributed by atoms with Crippen LogP contribution in [-0.4, -0.2) is 46.7 Å². The summed E-state index contributed by atoms with van der Waals surface area (Å²) in [7, 11) is 2.10. The molecule has 1 amide bonds. The van der Waals surface area contributed by atoms with E-state index in [1.165, 1.54) is 5.56 Å². The van der Waals surface area contributed by atoms with Crippen molar-refractivity contribution >= 4 is 17.6 Å². The van der Waals surface area contributed by atoms with Crippen LogP contribution >= 0.6 is 0 Å². The van der Waals surface area contributed by atoms with Crippen LogP contribution in [0.3, 0.4) is 0 Å². The number of benzene rings is 3. The number of aliphatic carboxylic acids is 1. The quantitative estimate of drug-likeness (QED) is 0.255. The van der Waals surface area contributed by atoms with Crippen molar-refractivity contribution in [3.63, 3.8) is 0 Å². The van der Waals surface area contributed by atoms with Crippen molar-refractivity contribution in [1.82, 2.24) is 4.90 Å². The maximum atomic E-state index is 12.4. The number of aliphatic hydroxyl groups excluding tert-OH is 1. The number of likely N-dealkylation sites (N-methyl/N-ethyl adjacent to an activating group) is 1. The minimum atomic E-state index is -0.917. The number of aliphatic hydroxyl groups is 1. The number of hydrogen-bond donors (Lipinski definition) is 3. The second-order valence-electron chi connectivity index (χ2n) is 10.8. The highest BCUT2D eigenvalue weighted by atomic mass is 16.7. The van der Waals surface area contributed by atoms with E-state index in [1.807, 2.05) is 60.7 Å². The monoisotopic (exact) mass is 560 g/mol. The van der Waals surface area contributed by atoms with E-state index in [0.717, 1.165) is 16.7 Å². The van der Waals surface area contributed by atoms with Crippen LogP contribution in [0.1, 0.15) is 73.8 Å². The zero-order valence-electron chi connectivity index (χ0n) is 23.9. The molecule has 0 radical (unpaired) electrons. The third-order valence-electron chi connectivity index (χ3n) is 7.77. The van der Waals surface area contributed by atoms with Crippen LogP contribution in [0.15, 0.2) is 78.9 Å². The van der Waals surface area contributed by atoms with Gasteiger partial charge in [0.15, 0.2) is 6.29 Å². The fourth-order valence-corrected chi connectivity index (χ4v) is 5.14. The molecule has 218 valence electrons. The van der Waals surface area contributed by atoms with E-state index in [-0.39, 0.29) is 55.9 Å².